The molecule has 0 aromatic heterocycles. The zero-order valence-corrected chi connectivity index (χ0v) is 11.0. The van der Waals surface area contributed by atoms with Crippen molar-refractivity contribution in [2.24, 2.45) is 17.2 Å². The van der Waals surface area contributed by atoms with Crippen molar-refractivity contribution in [3.8, 4) is 0 Å². The van der Waals surface area contributed by atoms with Gasteiger partial charge in [-0.25, -0.2) is 0 Å². The molecule has 1 aliphatic heterocycles. The first-order valence-electron chi connectivity index (χ1n) is 6.91. The Hall–Kier alpha value is -0.200. The minimum absolute atomic E-state index is 0.566. The van der Waals surface area contributed by atoms with Gasteiger partial charge in [0, 0.05) is 26.2 Å². The molecule has 1 fully saturated rings. The van der Waals surface area contributed by atoms with Gasteiger partial charge in [-0.15, -0.1) is 0 Å². The van der Waals surface area contributed by atoms with Crippen molar-refractivity contribution in [2.75, 3.05) is 45.8 Å². The van der Waals surface area contributed by atoms with E-state index in [1.807, 2.05) is 0 Å². The standard InChI is InChI=1S/C12H29N5/c13-5-1-4-12(17-10-11-17)16(8-2-6-14)9-3-7-15/h12H,1-11,13-15H2. The molecule has 1 atom stereocenters. The average Bonchev–Trinajstić information content (AvgIpc) is 3.16. The Balaban J connectivity index is 2.42. The van der Waals surface area contributed by atoms with Gasteiger partial charge in [0.1, 0.15) is 0 Å². The molecular weight excluding hydrogens is 214 g/mol. The number of hydrogen-bond acceptors (Lipinski definition) is 5. The van der Waals surface area contributed by atoms with E-state index in [-0.39, 0.29) is 0 Å². The molecule has 0 bridgehead atoms. The summed E-state index contributed by atoms with van der Waals surface area (Å²) in [7, 11) is 0. The van der Waals surface area contributed by atoms with E-state index < -0.39 is 0 Å². The summed E-state index contributed by atoms with van der Waals surface area (Å²) in [5.74, 6) is 0. The molecule has 5 nitrogen and oxygen atoms in total. The van der Waals surface area contributed by atoms with Crippen molar-refractivity contribution in [2.45, 2.75) is 31.8 Å². The highest BCUT2D eigenvalue weighted by molar-refractivity contribution is 4.83. The summed E-state index contributed by atoms with van der Waals surface area (Å²) in [6, 6.07) is 0. The van der Waals surface area contributed by atoms with Gasteiger partial charge in [0.05, 0.1) is 6.17 Å². The fourth-order valence-electron chi connectivity index (χ4n) is 2.25. The lowest BCUT2D eigenvalue weighted by Crippen LogP contribution is -2.43. The highest BCUT2D eigenvalue weighted by Gasteiger charge is 2.30. The van der Waals surface area contributed by atoms with Gasteiger partial charge < -0.3 is 17.2 Å². The maximum absolute atomic E-state index is 5.62. The van der Waals surface area contributed by atoms with Crippen molar-refractivity contribution < 1.29 is 0 Å². The van der Waals surface area contributed by atoms with Gasteiger partial charge in [-0.2, -0.15) is 0 Å². The van der Waals surface area contributed by atoms with Crippen LogP contribution in [0.4, 0.5) is 0 Å². The van der Waals surface area contributed by atoms with E-state index in [0.717, 1.165) is 52.0 Å². The lowest BCUT2D eigenvalue weighted by Gasteiger charge is -2.32. The zero-order valence-electron chi connectivity index (χ0n) is 11.0. The molecule has 0 saturated carbocycles. The molecule has 0 aromatic carbocycles. The smallest absolute Gasteiger partial charge is 0.0623 e. The molecule has 1 unspecified atom stereocenters. The first-order chi connectivity index (χ1) is 8.33. The number of hydrogen-bond donors (Lipinski definition) is 3. The molecule has 1 saturated heterocycles. The van der Waals surface area contributed by atoms with E-state index in [1.54, 1.807) is 0 Å². The fraction of sp³-hybridized carbons (Fsp3) is 1.00. The normalized spacial score (nSPS) is 17.6. The van der Waals surface area contributed by atoms with Gasteiger partial charge in [0.25, 0.3) is 0 Å². The van der Waals surface area contributed by atoms with Crippen molar-refractivity contribution in [3.05, 3.63) is 0 Å². The van der Waals surface area contributed by atoms with E-state index in [4.69, 9.17) is 17.2 Å². The van der Waals surface area contributed by atoms with Crippen LogP contribution in [0, 0.1) is 0 Å². The van der Waals surface area contributed by atoms with Crippen LogP contribution in [0.5, 0.6) is 0 Å². The maximum atomic E-state index is 5.62. The number of nitrogens with two attached hydrogens (primary N) is 3. The van der Waals surface area contributed by atoms with Crippen LogP contribution < -0.4 is 17.2 Å². The van der Waals surface area contributed by atoms with Crippen LogP contribution in [0.1, 0.15) is 25.7 Å². The van der Waals surface area contributed by atoms with Crippen LogP contribution in [0.3, 0.4) is 0 Å². The molecule has 0 spiro atoms. The van der Waals surface area contributed by atoms with Crippen LogP contribution in [-0.2, 0) is 0 Å². The van der Waals surface area contributed by atoms with Crippen LogP contribution >= 0.6 is 0 Å². The Morgan fingerprint density at radius 1 is 0.882 bits per heavy atom. The molecule has 102 valence electrons. The summed E-state index contributed by atoms with van der Waals surface area (Å²) in [6.45, 7) is 6.95. The lowest BCUT2D eigenvalue weighted by molar-refractivity contribution is 0.105. The third kappa shape index (κ3) is 5.79. The van der Waals surface area contributed by atoms with E-state index in [0.29, 0.717) is 6.17 Å². The van der Waals surface area contributed by atoms with Crippen LogP contribution in [0.2, 0.25) is 0 Å². The van der Waals surface area contributed by atoms with Gasteiger partial charge >= 0.3 is 0 Å². The van der Waals surface area contributed by atoms with Gasteiger partial charge in [-0.1, -0.05) is 0 Å². The van der Waals surface area contributed by atoms with Crippen molar-refractivity contribution in [3.63, 3.8) is 0 Å². The molecule has 5 heteroatoms. The summed E-state index contributed by atoms with van der Waals surface area (Å²) in [6.07, 6.45) is 4.97. The van der Waals surface area contributed by atoms with Crippen molar-refractivity contribution in [1.29, 1.82) is 0 Å². The summed E-state index contributed by atoms with van der Waals surface area (Å²) < 4.78 is 0. The zero-order chi connectivity index (χ0) is 12.5. The second kappa shape index (κ2) is 8.83. The minimum Gasteiger partial charge on any atom is -0.330 e. The third-order valence-electron chi connectivity index (χ3n) is 3.29. The molecule has 0 aromatic rings. The second-order valence-electron chi connectivity index (χ2n) is 4.77. The Labute approximate surface area is 105 Å². The molecule has 0 amide bonds. The topological polar surface area (TPSA) is 84.3 Å². The first-order valence-corrected chi connectivity index (χ1v) is 6.91. The van der Waals surface area contributed by atoms with E-state index >= 15 is 0 Å². The average molecular weight is 243 g/mol. The van der Waals surface area contributed by atoms with Crippen LogP contribution in [0.15, 0.2) is 0 Å². The Morgan fingerprint density at radius 2 is 1.41 bits per heavy atom. The summed E-state index contributed by atoms with van der Waals surface area (Å²) in [5.41, 5.74) is 16.8. The van der Waals surface area contributed by atoms with E-state index in [2.05, 4.69) is 9.80 Å². The van der Waals surface area contributed by atoms with Crippen molar-refractivity contribution >= 4 is 0 Å². The van der Waals surface area contributed by atoms with E-state index in [9.17, 15) is 0 Å². The molecule has 0 radical (unpaired) electrons. The SMILES string of the molecule is NCCCC(N(CCCN)CCCN)N1CC1. The number of rotatable bonds is 11. The van der Waals surface area contributed by atoms with Gasteiger partial charge in [0.15, 0.2) is 0 Å². The Bertz CT molecular complexity index is 176. The predicted molar refractivity (Wildman–Crippen MR) is 72.6 cm³/mol. The molecule has 6 N–H and O–H groups in total. The summed E-state index contributed by atoms with van der Waals surface area (Å²) in [5, 5.41) is 0. The molecule has 0 aliphatic carbocycles. The van der Waals surface area contributed by atoms with E-state index in [1.165, 1.54) is 19.5 Å². The molecule has 17 heavy (non-hydrogen) atoms. The molecule has 1 rings (SSSR count). The number of nitrogens with zero attached hydrogens (tertiary/aromatic N) is 2. The molecule has 1 heterocycles. The minimum atomic E-state index is 0.566. The fourth-order valence-corrected chi connectivity index (χ4v) is 2.25. The van der Waals surface area contributed by atoms with Gasteiger partial charge in [-0.3, -0.25) is 9.80 Å². The highest BCUT2D eigenvalue weighted by atomic mass is 15.4. The quantitative estimate of drug-likeness (QED) is 0.421. The van der Waals surface area contributed by atoms with Gasteiger partial charge in [0.2, 0.25) is 0 Å². The van der Waals surface area contributed by atoms with Crippen LogP contribution in [0.25, 0.3) is 0 Å². The van der Waals surface area contributed by atoms with Gasteiger partial charge in [-0.05, 0) is 45.3 Å². The van der Waals surface area contributed by atoms with Crippen molar-refractivity contribution in [1.82, 2.24) is 9.80 Å². The largest absolute Gasteiger partial charge is 0.330 e. The summed E-state index contributed by atoms with van der Waals surface area (Å²) in [4.78, 5) is 5.06. The summed E-state index contributed by atoms with van der Waals surface area (Å²) >= 11 is 0. The molecular formula is C12H29N5. The van der Waals surface area contributed by atoms with Crippen LogP contribution in [-0.4, -0.2) is 61.8 Å². The Morgan fingerprint density at radius 3 is 1.82 bits per heavy atom. The molecule has 1 aliphatic rings. The Kier molecular flexibility index (Phi) is 7.72. The second-order valence-corrected chi connectivity index (χ2v) is 4.77. The maximum Gasteiger partial charge on any atom is 0.0623 e. The monoisotopic (exact) mass is 243 g/mol. The first kappa shape index (κ1) is 14.9. The predicted octanol–water partition coefficient (Wildman–Crippen LogP) is -0.633. The third-order valence-corrected chi connectivity index (χ3v) is 3.29. The lowest BCUT2D eigenvalue weighted by atomic mass is 10.2. The highest BCUT2D eigenvalue weighted by Crippen LogP contribution is 2.19.